The minimum atomic E-state index is -0.836. The van der Waals surface area contributed by atoms with Crippen LogP contribution in [-0.2, 0) is 9.53 Å². The van der Waals surface area contributed by atoms with Gasteiger partial charge in [0.15, 0.2) is 18.2 Å². The molecule has 0 saturated carbocycles. The first kappa shape index (κ1) is 20.7. The summed E-state index contributed by atoms with van der Waals surface area (Å²) in [7, 11) is 0. The molecular formula is C22H20ClNO5. The normalized spacial score (nSPS) is 12.4. The number of halogens is 1. The second kappa shape index (κ2) is 8.57. The molecule has 0 bridgehead atoms. The van der Waals surface area contributed by atoms with Crippen molar-refractivity contribution in [2.75, 3.05) is 6.61 Å². The van der Waals surface area contributed by atoms with E-state index in [2.05, 4.69) is 5.32 Å². The molecule has 0 spiro atoms. The molecule has 1 aliphatic carbocycles. The number of esters is 1. The van der Waals surface area contributed by atoms with Crippen LogP contribution in [0, 0.1) is 0 Å². The Morgan fingerprint density at radius 1 is 0.966 bits per heavy atom. The number of rotatable bonds is 6. The van der Waals surface area contributed by atoms with Gasteiger partial charge < -0.3 is 10.1 Å². The van der Waals surface area contributed by atoms with Crippen molar-refractivity contribution in [2.45, 2.75) is 32.7 Å². The van der Waals surface area contributed by atoms with Crippen LogP contribution in [0.15, 0.2) is 36.4 Å². The molecular weight excluding hydrogens is 394 g/mol. The molecule has 1 aliphatic rings. The van der Waals surface area contributed by atoms with Crippen molar-refractivity contribution in [2.24, 2.45) is 0 Å². The Bertz CT molecular complexity index is 1010. The average Bonchev–Trinajstić information content (AvgIpc) is 2.73. The lowest BCUT2D eigenvalue weighted by Crippen LogP contribution is -2.36. The molecule has 1 N–H and O–H groups in total. The Morgan fingerprint density at radius 3 is 2.21 bits per heavy atom. The van der Waals surface area contributed by atoms with Crippen LogP contribution in [-0.4, -0.2) is 36.1 Å². The van der Waals surface area contributed by atoms with Crippen molar-refractivity contribution >= 4 is 35.0 Å². The molecule has 6 nitrogen and oxygen atoms in total. The number of amides is 1. The van der Waals surface area contributed by atoms with Crippen LogP contribution < -0.4 is 5.32 Å². The number of benzene rings is 2. The lowest BCUT2D eigenvalue weighted by Gasteiger charge is -2.19. The van der Waals surface area contributed by atoms with E-state index in [1.807, 2.05) is 13.8 Å². The SMILES string of the molecule is CCC(CC)NC(=O)COC(=O)c1ccc2c(c1Cl)C(=O)c1ccccc1C2=O. The van der Waals surface area contributed by atoms with E-state index < -0.39 is 24.3 Å². The first-order chi connectivity index (χ1) is 13.9. The quantitative estimate of drug-likeness (QED) is 0.624. The first-order valence-electron chi connectivity index (χ1n) is 9.36. The summed E-state index contributed by atoms with van der Waals surface area (Å²) >= 11 is 6.32. The molecule has 7 heteroatoms. The van der Waals surface area contributed by atoms with Crippen LogP contribution in [0.5, 0.6) is 0 Å². The number of nitrogens with one attached hydrogen (secondary N) is 1. The Labute approximate surface area is 173 Å². The van der Waals surface area contributed by atoms with E-state index in [-0.39, 0.29) is 39.1 Å². The van der Waals surface area contributed by atoms with Crippen LogP contribution in [0.25, 0.3) is 0 Å². The molecule has 0 atom stereocenters. The van der Waals surface area contributed by atoms with Crippen molar-refractivity contribution in [3.63, 3.8) is 0 Å². The van der Waals surface area contributed by atoms with Gasteiger partial charge in [-0.05, 0) is 25.0 Å². The van der Waals surface area contributed by atoms with Gasteiger partial charge in [-0.1, -0.05) is 49.7 Å². The zero-order valence-corrected chi connectivity index (χ0v) is 16.8. The number of hydrogen-bond donors (Lipinski definition) is 1. The summed E-state index contributed by atoms with van der Waals surface area (Å²) in [6, 6.07) is 9.18. The van der Waals surface area contributed by atoms with E-state index in [1.165, 1.54) is 12.1 Å². The largest absolute Gasteiger partial charge is 0.452 e. The van der Waals surface area contributed by atoms with Crippen molar-refractivity contribution in [1.29, 1.82) is 0 Å². The summed E-state index contributed by atoms with van der Waals surface area (Å²) in [5, 5.41) is 2.61. The number of fused-ring (bicyclic) bond motifs is 2. The fourth-order valence-corrected chi connectivity index (χ4v) is 3.60. The third kappa shape index (κ3) is 3.93. The molecule has 29 heavy (non-hydrogen) atoms. The maximum absolute atomic E-state index is 12.8. The van der Waals surface area contributed by atoms with Gasteiger partial charge >= 0.3 is 5.97 Å². The van der Waals surface area contributed by atoms with E-state index in [0.717, 1.165) is 12.8 Å². The molecule has 0 aromatic heterocycles. The summed E-state index contributed by atoms with van der Waals surface area (Å²) in [6.45, 7) is 3.44. The third-order valence-electron chi connectivity index (χ3n) is 4.93. The minimum absolute atomic E-state index is 0.0113. The molecule has 0 radical (unpaired) electrons. The van der Waals surface area contributed by atoms with Gasteiger partial charge in [0, 0.05) is 22.7 Å². The Morgan fingerprint density at radius 2 is 1.59 bits per heavy atom. The first-order valence-corrected chi connectivity index (χ1v) is 9.74. The Hall–Kier alpha value is -2.99. The van der Waals surface area contributed by atoms with Crippen molar-refractivity contribution in [3.05, 3.63) is 69.2 Å². The van der Waals surface area contributed by atoms with Gasteiger partial charge in [-0.15, -0.1) is 0 Å². The van der Waals surface area contributed by atoms with E-state index in [9.17, 15) is 19.2 Å². The van der Waals surface area contributed by atoms with E-state index in [4.69, 9.17) is 16.3 Å². The summed E-state index contributed by atoms with van der Waals surface area (Å²) < 4.78 is 5.05. The molecule has 3 rings (SSSR count). The molecule has 0 heterocycles. The molecule has 0 saturated heterocycles. The van der Waals surface area contributed by atoms with Crippen molar-refractivity contribution in [3.8, 4) is 0 Å². The maximum atomic E-state index is 12.8. The smallest absolute Gasteiger partial charge is 0.340 e. The summed E-state index contributed by atoms with van der Waals surface area (Å²) in [4.78, 5) is 49.9. The van der Waals surface area contributed by atoms with E-state index in [1.54, 1.807) is 24.3 Å². The highest BCUT2D eigenvalue weighted by Gasteiger charge is 2.33. The fraction of sp³-hybridized carbons (Fsp3) is 0.273. The molecule has 0 fully saturated rings. The van der Waals surface area contributed by atoms with Crippen molar-refractivity contribution in [1.82, 2.24) is 5.32 Å². The van der Waals surface area contributed by atoms with Gasteiger partial charge in [-0.2, -0.15) is 0 Å². The second-order valence-corrected chi connectivity index (χ2v) is 7.09. The highest BCUT2D eigenvalue weighted by atomic mass is 35.5. The lowest BCUT2D eigenvalue weighted by atomic mass is 9.83. The zero-order chi connectivity index (χ0) is 21.1. The number of carbonyl (C=O) groups excluding carboxylic acids is 4. The second-order valence-electron chi connectivity index (χ2n) is 6.71. The van der Waals surface area contributed by atoms with Crippen LogP contribution in [0.2, 0.25) is 5.02 Å². The standard InChI is InChI=1S/C22H20ClNO5/c1-3-12(4-2)24-17(25)11-29-22(28)16-10-9-15-18(19(16)23)21(27)14-8-6-5-7-13(14)20(15)26/h5-10,12H,3-4,11H2,1-2H3,(H,24,25). The summed E-state index contributed by atoms with van der Waals surface area (Å²) in [5.41, 5.74) is 0.589. The van der Waals surface area contributed by atoms with Crippen LogP contribution in [0.3, 0.4) is 0 Å². The van der Waals surface area contributed by atoms with Gasteiger partial charge in [0.2, 0.25) is 0 Å². The zero-order valence-electron chi connectivity index (χ0n) is 16.1. The molecule has 150 valence electrons. The van der Waals surface area contributed by atoms with Gasteiger partial charge in [-0.3, -0.25) is 14.4 Å². The van der Waals surface area contributed by atoms with Crippen molar-refractivity contribution < 1.29 is 23.9 Å². The maximum Gasteiger partial charge on any atom is 0.340 e. The number of ketones is 2. The van der Waals surface area contributed by atoms with E-state index in [0.29, 0.717) is 5.56 Å². The monoisotopic (exact) mass is 413 g/mol. The third-order valence-corrected chi connectivity index (χ3v) is 5.33. The van der Waals surface area contributed by atoms with Gasteiger partial charge in [0.05, 0.1) is 16.1 Å². The molecule has 1 amide bonds. The highest BCUT2D eigenvalue weighted by Crippen LogP contribution is 2.34. The average molecular weight is 414 g/mol. The molecule has 2 aromatic rings. The van der Waals surface area contributed by atoms with E-state index >= 15 is 0 Å². The van der Waals surface area contributed by atoms with Crippen LogP contribution >= 0.6 is 11.6 Å². The minimum Gasteiger partial charge on any atom is -0.452 e. The highest BCUT2D eigenvalue weighted by molar-refractivity contribution is 6.41. The van der Waals surface area contributed by atoms with Crippen LogP contribution in [0.4, 0.5) is 0 Å². The number of hydrogen-bond acceptors (Lipinski definition) is 5. The lowest BCUT2D eigenvalue weighted by molar-refractivity contribution is -0.125. The van der Waals surface area contributed by atoms with Gasteiger partial charge in [-0.25, -0.2) is 4.79 Å². The fourth-order valence-electron chi connectivity index (χ4n) is 3.27. The van der Waals surface area contributed by atoms with Gasteiger partial charge in [0.1, 0.15) is 0 Å². The number of carbonyl (C=O) groups is 4. The van der Waals surface area contributed by atoms with Gasteiger partial charge in [0.25, 0.3) is 5.91 Å². The summed E-state index contributed by atoms with van der Waals surface area (Å²) in [6.07, 6.45) is 1.54. The molecule has 0 aliphatic heterocycles. The van der Waals surface area contributed by atoms with Crippen LogP contribution in [0.1, 0.15) is 68.9 Å². The Balaban J connectivity index is 1.82. The predicted molar refractivity (Wildman–Crippen MR) is 108 cm³/mol. The number of ether oxygens (including phenoxy) is 1. The Kier molecular flexibility index (Phi) is 6.13. The topological polar surface area (TPSA) is 89.5 Å². The summed E-state index contributed by atoms with van der Waals surface area (Å²) in [5.74, 6) is -2.01. The molecule has 0 unspecified atom stereocenters. The predicted octanol–water partition coefficient (Wildman–Crippen LogP) is 3.58. The molecule has 2 aromatic carbocycles.